The van der Waals surface area contributed by atoms with E-state index < -0.39 is 10.0 Å². The molecule has 0 aliphatic rings. The van der Waals surface area contributed by atoms with Gasteiger partial charge in [0.1, 0.15) is 0 Å². The van der Waals surface area contributed by atoms with Gasteiger partial charge in [-0.1, -0.05) is 18.8 Å². The van der Waals surface area contributed by atoms with Gasteiger partial charge in [-0.05, 0) is 12.1 Å². The van der Waals surface area contributed by atoms with Crippen LogP contribution in [0.3, 0.4) is 0 Å². The topological polar surface area (TPSA) is 95.5 Å². The summed E-state index contributed by atoms with van der Waals surface area (Å²) in [6.07, 6.45) is 0.391. The minimum absolute atomic E-state index is 0.00594. The smallest absolute Gasteiger partial charge is 0.261 e. The molecule has 0 unspecified atom stereocenters. The van der Waals surface area contributed by atoms with Crippen molar-refractivity contribution in [3.63, 3.8) is 0 Å². The summed E-state index contributed by atoms with van der Waals surface area (Å²) >= 11 is 1.23. The van der Waals surface area contributed by atoms with Crippen LogP contribution in [0.1, 0.15) is 27.9 Å². The molecule has 0 atom stereocenters. The summed E-state index contributed by atoms with van der Waals surface area (Å²) in [6, 6.07) is 3.36. The van der Waals surface area contributed by atoms with Crippen LogP contribution in [0.15, 0.2) is 12.1 Å². The van der Waals surface area contributed by atoms with E-state index in [1.54, 1.807) is 19.1 Å². The van der Waals surface area contributed by atoms with Crippen molar-refractivity contribution >= 4 is 27.3 Å². The second-order valence-electron chi connectivity index (χ2n) is 4.01. The molecule has 3 N–H and O–H groups in total. The molecule has 0 fully saturated rings. The minimum atomic E-state index is -3.33. The van der Waals surface area contributed by atoms with Gasteiger partial charge in [0.15, 0.2) is 0 Å². The molecule has 0 aliphatic carbocycles. The van der Waals surface area contributed by atoms with E-state index in [0.717, 1.165) is 4.88 Å². The van der Waals surface area contributed by atoms with Gasteiger partial charge < -0.3 is 10.4 Å². The largest absolute Gasteiger partial charge is 0.395 e. The second kappa shape index (κ2) is 8.79. The van der Waals surface area contributed by atoms with E-state index in [-0.39, 0.29) is 24.8 Å². The van der Waals surface area contributed by atoms with E-state index in [1.165, 1.54) is 11.3 Å². The Labute approximate surface area is 128 Å². The number of sulfonamides is 1. The highest BCUT2D eigenvalue weighted by atomic mass is 32.2. The highest BCUT2D eigenvalue weighted by Crippen LogP contribution is 2.15. The van der Waals surface area contributed by atoms with Crippen LogP contribution in [0.5, 0.6) is 0 Å². The monoisotopic (exact) mass is 330 g/mol. The van der Waals surface area contributed by atoms with E-state index in [4.69, 9.17) is 5.11 Å². The molecule has 0 saturated heterocycles. The summed E-state index contributed by atoms with van der Waals surface area (Å²) in [4.78, 5) is 13.0. The zero-order valence-electron chi connectivity index (χ0n) is 11.7. The van der Waals surface area contributed by atoms with Gasteiger partial charge in [-0.3, -0.25) is 4.79 Å². The molecule has 21 heavy (non-hydrogen) atoms. The number of thiophene rings is 1. The van der Waals surface area contributed by atoms with Crippen LogP contribution in [-0.4, -0.2) is 44.9 Å². The van der Waals surface area contributed by atoms with Gasteiger partial charge in [0.25, 0.3) is 5.91 Å². The summed E-state index contributed by atoms with van der Waals surface area (Å²) in [5.74, 6) is 5.14. The van der Waals surface area contributed by atoms with Crippen molar-refractivity contribution in [3.8, 4) is 11.8 Å². The molecule has 0 spiro atoms. The lowest BCUT2D eigenvalue weighted by atomic mass is 10.4. The first kappa shape index (κ1) is 17.7. The molecular formula is C13H18N2O4S2. The minimum Gasteiger partial charge on any atom is -0.395 e. The maximum atomic E-state index is 11.8. The number of hydrogen-bond acceptors (Lipinski definition) is 5. The van der Waals surface area contributed by atoms with E-state index in [0.29, 0.717) is 17.8 Å². The Morgan fingerprint density at radius 1 is 1.43 bits per heavy atom. The van der Waals surface area contributed by atoms with Gasteiger partial charge >= 0.3 is 0 Å². The number of carbonyl (C=O) groups excluding carboxylic acids is 1. The van der Waals surface area contributed by atoms with Crippen molar-refractivity contribution in [2.45, 2.75) is 13.3 Å². The highest BCUT2D eigenvalue weighted by molar-refractivity contribution is 7.89. The van der Waals surface area contributed by atoms with Crippen LogP contribution in [-0.2, 0) is 10.0 Å². The summed E-state index contributed by atoms with van der Waals surface area (Å²) in [7, 11) is -3.33. The van der Waals surface area contributed by atoms with Crippen molar-refractivity contribution in [1.29, 1.82) is 0 Å². The van der Waals surface area contributed by atoms with Gasteiger partial charge in [-0.2, -0.15) is 0 Å². The van der Waals surface area contributed by atoms with Gasteiger partial charge in [0.2, 0.25) is 10.0 Å². The molecule has 0 bridgehead atoms. The Balaban J connectivity index is 2.48. The maximum Gasteiger partial charge on any atom is 0.261 e. The molecule has 0 saturated carbocycles. The van der Waals surface area contributed by atoms with Crippen LogP contribution in [0.2, 0.25) is 0 Å². The lowest BCUT2D eigenvalue weighted by molar-refractivity contribution is 0.0960. The van der Waals surface area contributed by atoms with Gasteiger partial charge in [0.05, 0.1) is 22.1 Å². The third kappa shape index (κ3) is 6.73. The Hall–Kier alpha value is -1.40. The van der Waals surface area contributed by atoms with E-state index >= 15 is 0 Å². The summed E-state index contributed by atoms with van der Waals surface area (Å²) in [5, 5.41) is 11.2. The number of hydrogen-bond donors (Lipinski definition) is 3. The first-order valence-corrected chi connectivity index (χ1v) is 8.90. The summed E-state index contributed by atoms with van der Waals surface area (Å²) in [5.41, 5.74) is 0. The number of nitrogens with one attached hydrogen (secondary N) is 2. The van der Waals surface area contributed by atoms with Crippen LogP contribution in [0.25, 0.3) is 0 Å². The van der Waals surface area contributed by atoms with Gasteiger partial charge in [-0.15, -0.1) is 11.3 Å². The number of amides is 1. The highest BCUT2D eigenvalue weighted by Gasteiger charge is 2.11. The lowest BCUT2D eigenvalue weighted by Crippen LogP contribution is -2.34. The van der Waals surface area contributed by atoms with Crippen molar-refractivity contribution in [1.82, 2.24) is 10.0 Å². The summed E-state index contributed by atoms with van der Waals surface area (Å²) < 4.78 is 25.2. The zero-order valence-corrected chi connectivity index (χ0v) is 13.3. The van der Waals surface area contributed by atoms with Crippen molar-refractivity contribution in [2.75, 3.05) is 25.4 Å². The molecule has 0 radical (unpaired) electrons. The molecule has 1 aromatic heterocycles. The summed E-state index contributed by atoms with van der Waals surface area (Å²) in [6.45, 7) is 2.09. The molecule has 116 valence electrons. The Morgan fingerprint density at radius 2 is 2.19 bits per heavy atom. The number of aliphatic hydroxyl groups excluding tert-OH is 1. The fraction of sp³-hybridized carbons (Fsp3) is 0.462. The Bertz CT molecular complexity index is 626. The second-order valence-corrected chi connectivity index (χ2v) is 7.02. The quantitative estimate of drug-likeness (QED) is 0.620. The van der Waals surface area contributed by atoms with Crippen LogP contribution in [0, 0.1) is 11.8 Å². The van der Waals surface area contributed by atoms with Crippen LogP contribution < -0.4 is 10.0 Å². The Morgan fingerprint density at radius 3 is 2.86 bits per heavy atom. The average Bonchev–Trinajstić information content (AvgIpc) is 2.87. The molecule has 0 aliphatic heterocycles. The van der Waals surface area contributed by atoms with E-state index in [2.05, 4.69) is 21.9 Å². The fourth-order valence-corrected chi connectivity index (χ4v) is 3.16. The molecule has 1 aromatic rings. The predicted molar refractivity (Wildman–Crippen MR) is 82.7 cm³/mol. The first-order valence-electron chi connectivity index (χ1n) is 6.43. The van der Waals surface area contributed by atoms with Gasteiger partial charge in [0, 0.05) is 19.5 Å². The maximum absolute atomic E-state index is 11.8. The third-order valence-electron chi connectivity index (χ3n) is 2.30. The van der Waals surface area contributed by atoms with Crippen LogP contribution in [0.4, 0.5) is 0 Å². The van der Waals surface area contributed by atoms with Gasteiger partial charge in [-0.25, -0.2) is 13.1 Å². The molecule has 1 amide bonds. The molecule has 1 rings (SSSR count). The molecule has 1 heterocycles. The third-order valence-corrected chi connectivity index (χ3v) is 4.77. The fourth-order valence-electron chi connectivity index (χ4n) is 1.41. The number of rotatable bonds is 7. The van der Waals surface area contributed by atoms with Crippen molar-refractivity contribution < 1.29 is 18.3 Å². The SMILES string of the molecule is CCNS(=O)(=O)CCNC(=O)c1ccc(C#CCCO)s1. The number of carbonyl (C=O) groups is 1. The van der Waals surface area contributed by atoms with E-state index in [9.17, 15) is 13.2 Å². The zero-order chi connectivity index (χ0) is 15.7. The number of aliphatic hydroxyl groups is 1. The molecule has 8 heteroatoms. The van der Waals surface area contributed by atoms with Crippen molar-refractivity contribution in [3.05, 3.63) is 21.9 Å². The normalized spacial score (nSPS) is 10.8. The average molecular weight is 330 g/mol. The van der Waals surface area contributed by atoms with Crippen LogP contribution >= 0.6 is 11.3 Å². The first-order chi connectivity index (χ1) is 9.98. The predicted octanol–water partition coefficient (Wildman–Crippen LogP) is 0.151. The molecular weight excluding hydrogens is 312 g/mol. The Kier molecular flexibility index (Phi) is 7.39. The van der Waals surface area contributed by atoms with E-state index in [1.807, 2.05) is 0 Å². The van der Waals surface area contributed by atoms with Crippen molar-refractivity contribution in [2.24, 2.45) is 0 Å². The molecule has 6 nitrogen and oxygen atoms in total. The standard InChI is InChI=1S/C13H18N2O4S2/c1-2-15-21(18,19)10-8-14-13(17)12-7-6-11(20-12)5-3-4-9-16/h6-7,15-16H,2,4,8-10H2,1H3,(H,14,17). The molecule has 0 aromatic carbocycles. The lowest BCUT2D eigenvalue weighted by Gasteiger charge is -2.05.